The lowest BCUT2D eigenvalue weighted by Crippen LogP contribution is -2.64. The van der Waals surface area contributed by atoms with E-state index in [4.69, 9.17) is 89.2 Å². The fourth-order valence-electron chi connectivity index (χ4n) is 0.439. The molecule has 0 aliphatic rings. The van der Waals surface area contributed by atoms with Gasteiger partial charge in [-0.3, -0.25) is 0 Å². The molecule has 0 bridgehead atoms. The molecule has 0 aromatic heterocycles. The summed E-state index contributed by atoms with van der Waals surface area (Å²) in [4.78, 5) is 0. The largest absolute Gasteiger partial charge is 0.358 e. The Kier molecular flexibility index (Phi) is 6.25. The predicted molar refractivity (Wildman–Crippen MR) is 73.5 cm³/mol. The second-order valence-corrected chi connectivity index (χ2v) is 41.7. The molecule has 0 aromatic carbocycles. The average Bonchev–Trinajstić information content (AvgIpc) is 1.84. The summed E-state index contributed by atoms with van der Waals surface area (Å²) in [5.41, 5.74) is -6.56. The molecule has 80 valence electrons. The molecule has 13 heavy (non-hydrogen) atoms. The molecule has 1 unspecified atom stereocenters. The molecular weight excluding hydrogens is 392 g/mol. The quantitative estimate of drug-likeness (QED) is 0.365. The van der Waals surface area contributed by atoms with Crippen LogP contribution in [0.4, 0.5) is 0 Å². The number of hydrogen-bond donors (Lipinski definition) is 0. The van der Waals surface area contributed by atoms with Crippen LogP contribution in [0.25, 0.3) is 0 Å². The third-order valence-electron chi connectivity index (χ3n) is 1.27. The SMILES string of the molecule is CC(Cl)[Si](Cl)(Cl)[Si](Cl)(Cl)[Si](Cl)(Cl)Cl. The Hall–Kier alpha value is 2.97. The van der Waals surface area contributed by atoms with Crippen LogP contribution in [-0.4, -0.2) is 22.5 Å². The van der Waals surface area contributed by atoms with Crippen LogP contribution >= 0.6 is 89.2 Å². The van der Waals surface area contributed by atoms with Gasteiger partial charge in [-0.2, -0.15) is 0 Å². The van der Waals surface area contributed by atoms with Crippen molar-refractivity contribution in [1.82, 2.24) is 0 Å². The van der Waals surface area contributed by atoms with E-state index in [1.165, 1.54) is 0 Å². The summed E-state index contributed by atoms with van der Waals surface area (Å²) in [7, 11) is 0. The van der Waals surface area contributed by atoms with Crippen molar-refractivity contribution in [3.8, 4) is 0 Å². The molecule has 0 rings (SSSR count). The van der Waals surface area contributed by atoms with Crippen molar-refractivity contribution in [1.29, 1.82) is 0 Å². The topological polar surface area (TPSA) is 0 Å². The zero-order valence-electron chi connectivity index (χ0n) is 6.10. The lowest BCUT2D eigenvalue weighted by Gasteiger charge is -2.33. The first-order valence-corrected chi connectivity index (χ1v) is 18.5. The summed E-state index contributed by atoms with van der Waals surface area (Å²) in [6, 6.07) is 0. The van der Waals surface area contributed by atoms with Gasteiger partial charge in [0.15, 0.2) is 0 Å². The van der Waals surface area contributed by atoms with Crippen molar-refractivity contribution in [2.24, 2.45) is 0 Å². The van der Waals surface area contributed by atoms with Crippen LogP contribution in [0.5, 0.6) is 0 Å². The van der Waals surface area contributed by atoms with E-state index in [0.29, 0.717) is 0 Å². The molecule has 0 N–H and O–H groups in total. The minimum absolute atomic E-state index is 0.555. The standard InChI is InChI=1S/C2H4Cl8Si3/c1-2(3)11(4,5)13(9,10)12(6,7)8/h2H,1H3. The zero-order chi connectivity index (χ0) is 11.1. The maximum absolute atomic E-state index is 6.00. The summed E-state index contributed by atoms with van der Waals surface area (Å²) >= 11 is 46.9. The zero-order valence-corrected chi connectivity index (χ0v) is 15.1. The Morgan fingerprint density at radius 2 is 1.15 bits per heavy atom. The molecule has 0 nitrogen and oxygen atoms in total. The van der Waals surface area contributed by atoms with Crippen molar-refractivity contribution < 1.29 is 0 Å². The molecule has 0 saturated carbocycles. The minimum atomic E-state index is -3.28. The smallest absolute Gasteiger partial charge is 0.146 e. The monoisotopic (exact) mass is 392 g/mol. The van der Waals surface area contributed by atoms with E-state index < -0.39 is 22.5 Å². The first-order chi connectivity index (χ1) is 5.44. The number of halogens is 8. The third-order valence-corrected chi connectivity index (χ3v) is 59.9. The van der Waals surface area contributed by atoms with Crippen LogP contribution in [-0.2, 0) is 0 Å². The van der Waals surface area contributed by atoms with Crippen molar-refractivity contribution in [3.63, 3.8) is 0 Å². The van der Waals surface area contributed by atoms with Gasteiger partial charge in [-0.15, -0.1) is 89.2 Å². The van der Waals surface area contributed by atoms with E-state index in [2.05, 4.69) is 0 Å². The van der Waals surface area contributed by atoms with E-state index in [9.17, 15) is 0 Å². The molecule has 0 radical (unpaired) electrons. The van der Waals surface area contributed by atoms with Crippen LogP contribution < -0.4 is 0 Å². The number of alkyl halides is 1. The van der Waals surface area contributed by atoms with Gasteiger partial charge in [-0.25, -0.2) is 0 Å². The van der Waals surface area contributed by atoms with E-state index >= 15 is 0 Å². The van der Waals surface area contributed by atoms with Gasteiger partial charge < -0.3 is 0 Å². The van der Waals surface area contributed by atoms with Crippen LogP contribution in [0.15, 0.2) is 0 Å². The van der Waals surface area contributed by atoms with E-state index in [0.717, 1.165) is 0 Å². The third kappa shape index (κ3) is 3.46. The lowest BCUT2D eigenvalue weighted by molar-refractivity contribution is 1.36. The molecule has 0 aromatic rings. The Morgan fingerprint density at radius 1 is 0.846 bits per heavy atom. The highest BCUT2D eigenvalue weighted by Crippen LogP contribution is 2.48. The maximum Gasteiger partial charge on any atom is 0.358 e. The molecule has 0 fully saturated rings. The minimum Gasteiger partial charge on any atom is -0.146 e. The number of hydrogen-bond acceptors (Lipinski definition) is 0. The van der Waals surface area contributed by atoms with Gasteiger partial charge in [0.25, 0.3) is 6.21 Å². The molecule has 0 amide bonds. The van der Waals surface area contributed by atoms with Crippen molar-refractivity contribution in [2.75, 3.05) is 0 Å². The lowest BCUT2D eigenvalue weighted by atomic mass is 11.0. The van der Waals surface area contributed by atoms with Gasteiger partial charge in [-0.05, 0) is 6.92 Å². The van der Waals surface area contributed by atoms with Crippen molar-refractivity contribution >= 4 is 107 Å². The summed E-state index contributed by atoms with van der Waals surface area (Å²) in [6.07, 6.45) is -3.10. The van der Waals surface area contributed by atoms with Gasteiger partial charge in [0, 0.05) is 0 Å². The summed E-state index contributed by atoms with van der Waals surface area (Å²) in [5, 5.41) is -0.555. The molecule has 0 aliphatic heterocycles. The fraction of sp³-hybridized carbons (Fsp3) is 1.00. The van der Waals surface area contributed by atoms with Gasteiger partial charge in [0.2, 0.25) is 0 Å². The van der Waals surface area contributed by atoms with Crippen LogP contribution in [0.2, 0.25) is 0 Å². The van der Waals surface area contributed by atoms with Crippen LogP contribution in [0, 0.1) is 0 Å². The van der Waals surface area contributed by atoms with Gasteiger partial charge in [-0.1, -0.05) is 0 Å². The average molecular weight is 396 g/mol. The van der Waals surface area contributed by atoms with Gasteiger partial charge >= 0.3 is 11.2 Å². The molecule has 1 atom stereocenters. The highest BCUT2D eigenvalue weighted by atomic mass is 35.9. The Morgan fingerprint density at radius 3 is 1.23 bits per heavy atom. The predicted octanol–water partition coefficient (Wildman–Crippen LogP) is 4.80. The highest BCUT2D eigenvalue weighted by molar-refractivity contribution is 8.20. The molecular formula is C2H4Cl8Si3. The molecule has 0 heterocycles. The summed E-state index contributed by atoms with van der Waals surface area (Å²) in [5.74, 6) is 0. The van der Waals surface area contributed by atoms with Gasteiger partial charge in [0.05, 0.1) is 5.00 Å². The van der Waals surface area contributed by atoms with Crippen molar-refractivity contribution in [3.05, 3.63) is 0 Å². The second kappa shape index (κ2) is 5.09. The van der Waals surface area contributed by atoms with E-state index in [1.54, 1.807) is 6.92 Å². The van der Waals surface area contributed by atoms with Crippen molar-refractivity contribution in [2.45, 2.75) is 11.9 Å². The Bertz CT molecular complexity index is 182. The van der Waals surface area contributed by atoms with Crippen LogP contribution in [0.1, 0.15) is 6.92 Å². The first kappa shape index (κ1) is 16.0. The first-order valence-electron chi connectivity index (χ1n) is 2.91. The van der Waals surface area contributed by atoms with E-state index in [1.807, 2.05) is 0 Å². The summed E-state index contributed by atoms with van der Waals surface area (Å²) in [6.45, 7) is 1.60. The second-order valence-electron chi connectivity index (χ2n) is 2.31. The number of rotatable bonds is 3. The van der Waals surface area contributed by atoms with E-state index in [-0.39, 0.29) is 0 Å². The van der Waals surface area contributed by atoms with Crippen LogP contribution in [0.3, 0.4) is 0 Å². The molecule has 0 saturated heterocycles. The highest BCUT2D eigenvalue weighted by Gasteiger charge is 2.69. The molecule has 11 heteroatoms. The summed E-state index contributed by atoms with van der Waals surface area (Å²) < 4.78 is 0. The maximum atomic E-state index is 6.00. The Labute approximate surface area is 117 Å². The molecule has 0 aliphatic carbocycles. The Balaban J connectivity index is 5.04. The molecule has 0 spiro atoms. The fourth-order valence-corrected chi connectivity index (χ4v) is 43.1. The van der Waals surface area contributed by atoms with Gasteiger partial charge in [0.1, 0.15) is 0 Å². The normalized spacial score (nSPS) is 17.3.